The van der Waals surface area contributed by atoms with Crippen LogP contribution in [-0.2, 0) is 26.8 Å². The van der Waals surface area contributed by atoms with Gasteiger partial charge < -0.3 is 25.2 Å². The fraction of sp³-hybridized carbons (Fsp3) is 0.333. The van der Waals surface area contributed by atoms with Crippen LogP contribution in [0.25, 0.3) is 12.2 Å². The summed E-state index contributed by atoms with van der Waals surface area (Å²) >= 11 is 5.62. The van der Waals surface area contributed by atoms with E-state index in [1.165, 1.54) is 0 Å². The van der Waals surface area contributed by atoms with Crippen molar-refractivity contribution in [2.24, 2.45) is 0 Å². The van der Waals surface area contributed by atoms with Crippen molar-refractivity contribution in [2.45, 2.75) is 56.6 Å². The third-order valence-corrected chi connectivity index (χ3v) is 5.12. The van der Waals surface area contributed by atoms with Gasteiger partial charge in [-0.2, -0.15) is 39.5 Å². The summed E-state index contributed by atoms with van der Waals surface area (Å²) in [6.07, 6.45) is -14.4. The van der Waals surface area contributed by atoms with Gasteiger partial charge in [-0.05, 0) is 35.2 Å². The Labute approximate surface area is 274 Å². The number of carbonyl (C=O) groups excluding carboxylic acids is 2. The van der Waals surface area contributed by atoms with E-state index in [1.54, 1.807) is 30.3 Å². The van der Waals surface area contributed by atoms with Gasteiger partial charge in [-0.1, -0.05) is 75.2 Å². The van der Waals surface area contributed by atoms with Gasteiger partial charge >= 0.3 is 54.1 Å². The summed E-state index contributed by atoms with van der Waals surface area (Å²) in [6, 6.07) is 14.6. The molecule has 0 saturated heterocycles. The smallest absolute Gasteiger partial charge is 0.870 e. The number of benzene rings is 2. The molecule has 0 aliphatic carbocycles. The Morgan fingerprint density at radius 2 is 1.25 bits per heavy atom. The summed E-state index contributed by atoms with van der Waals surface area (Å²) < 4.78 is 110. The van der Waals surface area contributed by atoms with Crippen molar-refractivity contribution in [2.75, 3.05) is 0 Å². The van der Waals surface area contributed by atoms with Crippen LogP contribution in [0.5, 0.6) is 0 Å². The van der Waals surface area contributed by atoms with E-state index in [9.17, 15) is 49.1 Å². The summed E-state index contributed by atoms with van der Waals surface area (Å²) in [5.74, 6) is -1.16. The molecule has 6 nitrogen and oxygen atoms in total. The number of ether oxygens (including phenoxy) is 1. The van der Waals surface area contributed by atoms with Gasteiger partial charge in [0, 0.05) is 5.88 Å². The Bertz CT molecular complexity index is 1170. The molecule has 0 radical (unpaired) electrons. The van der Waals surface area contributed by atoms with E-state index in [4.69, 9.17) is 21.8 Å². The van der Waals surface area contributed by atoms with E-state index >= 15 is 0 Å². The van der Waals surface area contributed by atoms with Crippen LogP contribution >= 0.6 is 11.6 Å². The third kappa shape index (κ3) is 14.1. The fourth-order valence-electron chi connectivity index (χ4n) is 2.29. The second kappa shape index (κ2) is 19.9. The zero-order valence-electron chi connectivity index (χ0n) is 22.4. The van der Waals surface area contributed by atoms with E-state index in [0.717, 1.165) is 16.7 Å². The minimum absolute atomic E-state index is 0. The van der Waals surface area contributed by atoms with Crippen LogP contribution in [0.4, 0.5) is 39.5 Å². The summed E-state index contributed by atoms with van der Waals surface area (Å²) in [5.41, 5.74) is -5.39. The molecule has 0 heterocycles. The maximum Gasteiger partial charge on any atom is 1.00 e. The van der Waals surface area contributed by atoms with Crippen LogP contribution < -0.4 is 29.6 Å². The van der Waals surface area contributed by atoms with Gasteiger partial charge in [0.15, 0.2) is 5.60 Å². The van der Waals surface area contributed by atoms with Crippen molar-refractivity contribution in [1.29, 1.82) is 0 Å². The molecule has 244 valence electrons. The summed E-state index contributed by atoms with van der Waals surface area (Å²) in [4.78, 5) is 20.5. The van der Waals surface area contributed by atoms with E-state index in [2.05, 4.69) is 17.9 Å². The van der Waals surface area contributed by atoms with Crippen LogP contribution in [0, 0.1) is 0 Å². The Balaban J connectivity index is -0.000000280. The number of alkyl halides is 10. The molecule has 0 aliphatic rings. The maximum absolute atomic E-state index is 12.4. The molecule has 0 aromatic heterocycles. The van der Waals surface area contributed by atoms with E-state index in [-0.39, 0.29) is 49.1 Å². The summed E-state index contributed by atoms with van der Waals surface area (Å²) in [6.45, 7) is 7.21. The Hall–Kier alpha value is -2.40. The zero-order chi connectivity index (χ0) is 32.3. The largest absolute Gasteiger partial charge is 1.00 e. The number of hydrogen-bond donors (Lipinski definition) is 2. The van der Waals surface area contributed by atoms with Crippen molar-refractivity contribution in [3.05, 3.63) is 83.9 Å². The molecular weight excluding hydrogens is 650 g/mol. The minimum Gasteiger partial charge on any atom is -0.870 e. The molecule has 0 amide bonds. The first-order chi connectivity index (χ1) is 18.6. The molecule has 0 fully saturated rings. The van der Waals surface area contributed by atoms with E-state index < -0.39 is 42.0 Å². The van der Waals surface area contributed by atoms with Crippen molar-refractivity contribution < 1.29 is 99.1 Å². The van der Waals surface area contributed by atoms with Gasteiger partial charge in [-0.25, -0.2) is 11.1 Å². The summed E-state index contributed by atoms with van der Waals surface area (Å²) in [5, 5.41) is 16.9. The van der Waals surface area contributed by atoms with Gasteiger partial charge in [0.25, 0.3) is 5.60 Å². The molecule has 2 aromatic carbocycles. The van der Waals surface area contributed by atoms with Gasteiger partial charge in [-0.15, -0.1) is 11.6 Å². The van der Waals surface area contributed by atoms with Crippen molar-refractivity contribution in [3.8, 4) is 0 Å². The molecule has 1 atom stereocenters. The Kier molecular flexibility index (Phi) is 21.9. The predicted molar refractivity (Wildman–Crippen MR) is 141 cm³/mol. The van der Waals surface area contributed by atoms with Crippen LogP contribution in [0.3, 0.4) is 0 Å². The monoisotopic (exact) mass is 677 g/mol. The van der Waals surface area contributed by atoms with Gasteiger partial charge in [0.1, 0.15) is 6.61 Å². The molecule has 0 spiro atoms. The SMILES string of the molecule is C.C=Cc1cccc(CCl)c1.C=Cc1cccc(COC(=O)C(C)(O)C(F)(F)F)c1.O=[C-]C(O)(C(F)(F)F)C(F)(F)F.[Na+].[OH-]. The zero-order valence-corrected chi connectivity index (χ0v) is 25.2. The van der Waals surface area contributed by atoms with E-state index in [0.29, 0.717) is 18.4 Å². The van der Waals surface area contributed by atoms with E-state index in [1.807, 2.05) is 30.3 Å². The average Bonchev–Trinajstić information content (AvgIpc) is 2.90. The molecule has 3 N–H and O–H groups in total. The quantitative estimate of drug-likeness (QED) is 0.150. The molecule has 0 saturated carbocycles. The number of halogens is 10. The molecule has 1 unspecified atom stereocenters. The molecular formula is C27H28ClF9NaO6-. The first kappa shape index (κ1) is 48.5. The molecule has 44 heavy (non-hydrogen) atoms. The van der Waals surface area contributed by atoms with Gasteiger partial charge in [0.05, 0.1) is 0 Å². The second-order valence-corrected chi connectivity index (χ2v) is 8.25. The number of carbonyl (C=O) groups is 1. The molecule has 2 aromatic rings. The topological polar surface area (TPSA) is 114 Å². The average molecular weight is 678 g/mol. The molecule has 0 aliphatic heterocycles. The van der Waals surface area contributed by atoms with Crippen LogP contribution in [-0.4, -0.2) is 57.7 Å². The predicted octanol–water partition coefficient (Wildman–Crippen LogP) is 4.17. The normalized spacial score (nSPS) is 12.4. The standard InChI is InChI=1S/C13H13F3O3.C9H9Cl.C4HF6O2.CH4.Na.H2O/c1-3-9-5-4-6-10(7-9)8-19-11(17)12(2,18)13(14,15)16;1-2-8-4-3-5-9(6-8)7-10;5-3(6,7)2(12,1-11)4(8,9)10;;;/h3-7,18H,1,8H2,2H3;2-6H,1,7H2;12H;1H4;;1H2/q;;-1;;+1;/p-1. The Morgan fingerprint density at radius 3 is 1.55 bits per heavy atom. The summed E-state index contributed by atoms with van der Waals surface area (Å²) in [7, 11) is 0. The second-order valence-electron chi connectivity index (χ2n) is 7.99. The van der Waals surface area contributed by atoms with Crippen molar-refractivity contribution in [1.82, 2.24) is 0 Å². The fourth-order valence-corrected chi connectivity index (χ4v) is 2.46. The Morgan fingerprint density at radius 1 is 0.864 bits per heavy atom. The molecule has 0 bridgehead atoms. The molecule has 2 rings (SSSR count). The van der Waals surface area contributed by atoms with Crippen LogP contribution in [0.15, 0.2) is 61.7 Å². The van der Waals surface area contributed by atoms with Gasteiger partial charge in [0.2, 0.25) is 0 Å². The first-order valence-electron chi connectivity index (χ1n) is 10.8. The van der Waals surface area contributed by atoms with Crippen molar-refractivity contribution >= 4 is 36.0 Å². The van der Waals surface area contributed by atoms with Crippen molar-refractivity contribution in [3.63, 3.8) is 0 Å². The number of hydrogen-bond acceptors (Lipinski definition) is 6. The molecule has 17 heteroatoms. The number of esters is 1. The number of rotatable bonds is 7. The number of aliphatic hydroxyl groups is 2. The maximum atomic E-state index is 12.4. The van der Waals surface area contributed by atoms with Gasteiger partial charge in [-0.3, -0.25) is 0 Å². The minimum atomic E-state index is -6.10. The first-order valence-corrected chi connectivity index (χ1v) is 11.3. The third-order valence-electron chi connectivity index (χ3n) is 4.82. The van der Waals surface area contributed by atoms with Crippen LogP contribution in [0.1, 0.15) is 36.6 Å². The van der Waals surface area contributed by atoms with Crippen LogP contribution in [0.2, 0.25) is 0 Å².